The highest BCUT2D eigenvalue weighted by Crippen LogP contribution is 2.29. The molecule has 2 rings (SSSR count). The van der Waals surface area contributed by atoms with Gasteiger partial charge in [0.2, 0.25) is 0 Å². The first-order valence-corrected chi connectivity index (χ1v) is 7.97. The quantitative estimate of drug-likeness (QED) is 0.741. The standard InChI is InChI=1S/C15H27N3O3/c1-17-8-5-12(6-9-17)4-7-16-15(21)18(11-14(19)20)10-13-2-3-13/h12-13H,2-11H2,1H3,(H,16,21)(H,19,20). The fourth-order valence-electron chi connectivity index (χ4n) is 2.84. The summed E-state index contributed by atoms with van der Waals surface area (Å²) < 4.78 is 0. The van der Waals surface area contributed by atoms with Gasteiger partial charge in [-0.05, 0) is 64.1 Å². The number of hydrogen-bond donors (Lipinski definition) is 2. The zero-order chi connectivity index (χ0) is 15.2. The Morgan fingerprint density at radius 2 is 1.86 bits per heavy atom. The van der Waals surface area contributed by atoms with Crippen molar-refractivity contribution in [3.8, 4) is 0 Å². The van der Waals surface area contributed by atoms with Crippen molar-refractivity contribution in [2.75, 3.05) is 39.8 Å². The van der Waals surface area contributed by atoms with Gasteiger partial charge in [0.15, 0.2) is 0 Å². The third-order valence-corrected chi connectivity index (χ3v) is 4.46. The van der Waals surface area contributed by atoms with E-state index in [-0.39, 0.29) is 12.6 Å². The number of urea groups is 1. The number of piperidine rings is 1. The van der Waals surface area contributed by atoms with Crippen molar-refractivity contribution in [2.45, 2.75) is 32.1 Å². The van der Waals surface area contributed by atoms with Gasteiger partial charge in [-0.15, -0.1) is 0 Å². The molecular weight excluding hydrogens is 270 g/mol. The highest BCUT2D eigenvalue weighted by atomic mass is 16.4. The monoisotopic (exact) mass is 297 g/mol. The van der Waals surface area contributed by atoms with Gasteiger partial charge in [0.25, 0.3) is 0 Å². The summed E-state index contributed by atoms with van der Waals surface area (Å²) in [6, 6.07) is -0.225. The molecular formula is C15H27N3O3. The van der Waals surface area contributed by atoms with Crippen molar-refractivity contribution < 1.29 is 14.7 Å². The highest BCUT2D eigenvalue weighted by Gasteiger charge is 2.28. The second-order valence-corrected chi connectivity index (χ2v) is 6.48. The molecule has 120 valence electrons. The minimum Gasteiger partial charge on any atom is -0.480 e. The molecule has 0 spiro atoms. The lowest BCUT2D eigenvalue weighted by atomic mass is 9.94. The summed E-state index contributed by atoms with van der Waals surface area (Å²) in [6.45, 7) is 3.29. The SMILES string of the molecule is CN1CCC(CCNC(=O)N(CC(=O)O)CC2CC2)CC1. The number of amides is 2. The molecule has 1 heterocycles. The molecule has 1 aliphatic carbocycles. The van der Waals surface area contributed by atoms with Gasteiger partial charge in [-0.2, -0.15) is 0 Å². The number of nitrogens with one attached hydrogen (secondary N) is 1. The second-order valence-electron chi connectivity index (χ2n) is 6.48. The van der Waals surface area contributed by atoms with Crippen LogP contribution in [0.25, 0.3) is 0 Å². The van der Waals surface area contributed by atoms with Crippen LogP contribution in [0.5, 0.6) is 0 Å². The zero-order valence-corrected chi connectivity index (χ0v) is 12.9. The predicted octanol–water partition coefficient (Wildman–Crippen LogP) is 1.22. The molecule has 6 nitrogen and oxygen atoms in total. The number of carbonyl (C=O) groups is 2. The molecule has 2 fully saturated rings. The zero-order valence-electron chi connectivity index (χ0n) is 12.9. The van der Waals surface area contributed by atoms with E-state index < -0.39 is 5.97 Å². The van der Waals surface area contributed by atoms with Crippen LogP contribution in [0.1, 0.15) is 32.1 Å². The van der Waals surface area contributed by atoms with E-state index in [1.165, 1.54) is 17.7 Å². The molecule has 0 aromatic rings. The number of carboxylic acid groups (broad SMARTS) is 1. The molecule has 1 saturated heterocycles. The molecule has 2 N–H and O–H groups in total. The van der Waals surface area contributed by atoms with Gasteiger partial charge < -0.3 is 20.2 Å². The molecule has 0 bridgehead atoms. The minimum atomic E-state index is -0.943. The third kappa shape index (κ3) is 5.91. The Hall–Kier alpha value is -1.30. The average Bonchev–Trinajstić information content (AvgIpc) is 3.23. The van der Waals surface area contributed by atoms with Gasteiger partial charge in [-0.1, -0.05) is 0 Å². The summed E-state index contributed by atoms with van der Waals surface area (Å²) in [6.07, 6.45) is 5.59. The number of likely N-dealkylation sites (tertiary alicyclic amines) is 1. The average molecular weight is 297 g/mol. The molecule has 0 radical (unpaired) electrons. The van der Waals surface area contributed by atoms with Gasteiger partial charge in [-0.3, -0.25) is 4.79 Å². The highest BCUT2D eigenvalue weighted by molar-refractivity contribution is 5.80. The van der Waals surface area contributed by atoms with Crippen LogP contribution in [-0.4, -0.2) is 66.7 Å². The summed E-state index contributed by atoms with van der Waals surface area (Å²) in [5, 5.41) is 11.8. The Kier molecular flexibility index (Phi) is 5.85. The van der Waals surface area contributed by atoms with Crippen molar-refractivity contribution in [2.24, 2.45) is 11.8 Å². The molecule has 0 aromatic heterocycles. The van der Waals surface area contributed by atoms with Crippen molar-refractivity contribution in [3.05, 3.63) is 0 Å². The van der Waals surface area contributed by atoms with E-state index in [4.69, 9.17) is 5.11 Å². The molecule has 21 heavy (non-hydrogen) atoms. The molecule has 0 aromatic carbocycles. The normalized spacial score (nSPS) is 20.2. The molecule has 0 atom stereocenters. The first-order valence-electron chi connectivity index (χ1n) is 7.97. The van der Waals surface area contributed by atoms with Gasteiger partial charge in [0.05, 0.1) is 0 Å². The van der Waals surface area contributed by atoms with Crippen LogP contribution in [0.4, 0.5) is 4.79 Å². The first-order chi connectivity index (χ1) is 10.0. The van der Waals surface area contributed by atoms with Crippen LogP contribution in [0.3, 0.4) is 0 Å². The smallest absolute Gasteiger partial charge is 0.323 e. The lowest BCUT2D eigenvalue weighted by molar-refractivity contribution is -0.137. The summed E-state index contributed by atoms with van der Waals surface area (Å²) in [5.74, 6) is 0.239. The fourth-order valence-corrected chi connectivity index (χ4v) is 2.84. The van der Waals surface area contributed by atoms with Crippen LogP contribution in [0.15, 0.2) is 0 Å². The van der Waals surface area contributed by atoms with Crippen molar-refractivity contribution >= 4 is 12.0 Å². The molecule has 2 amide bonds. The molecule has 6 heteroatoms. The largest absolute Gasteiger partial charge is 0.480 e. The minimum absolute atomic E-state index is 0.198. The Bertz CT molecular complexity index is 363. The summed E-state index contributed by atoms with van der Waals surface area (Å²) in [4.78, 5) is 26.7. The molecule has 2 aliphatic rings. The number of carbonyl (C=O) groups excluding carboxylic acids is 1. The number of rotatable bonds is 7. The molecule has 1 aliphatic heterocycles. The van der Waals surface area contributed by atoms with E-state index in [1.807, 2.05) is 0 Å². The van der Waals surface area contributed by atoms with Gasteiger partial charge >= 0.3 is 12.0 Å². The van der Waals surface area contributed by atoms with E-state index in [0.717, 1.165) is 32.4 Å². The van der Waals surface area contributed by atoms with Crippen molar-refractivity contribution in [1.29, 1.82) is 0 Å². The van der Waals surface area contributed by atoms with Crippen molar-refractivity contribution in [1.82, 2.24) is 15.1 Å². The van der Waals surface area contributed by atoms with E-state index in [0.29, 0.717) is 24.9 Å². The Morgan fingerprint density at radius 3 is 2.43 bits per heavy atom. The van der Waals surface area contributed by atoms with E-state index in [9.17, 15) is 9.59 Å². The first kappa shape index (κ1) is 16.1. The van der Waals surface area contributed by atoms with Crippen LogP contribution in [0, 0.1) is 11.8 Å². The number of aliphatic carboxylic acids is 1. The Balaban J connectivity index is 1.67. The molecule has 1 saturated carbocycles. The van der Waals surface area contributed by atoms with Crippen LogP contribution < -0.4 is 5.32 Å². The lowest BCUT2D eigenvalue weighted by Gasteiger charge is -2.29. The topological polar surface area (TPSA) is 72.9 Å². The van der Waals surface area contributed by atoms with Crippen molar-refractivity contribution in [3.63, 3.8) is 0 Å². The lowest BCUT2D eigenvalue weighted by Crippen LogP contribution is -2.44. The Labute approximate surface area is 126 Å². The van der Waals surface area contributed by atoms with Crippen LogP contribution >= 0.6 is 0 Å². The number of nitrogens with zero attached hydrogens (tertiary/aromatic N) is 2. The Morgan fingerprint density at radius 1 is 1.19 bits per heavy atom. The predicted molar refractivity (Wildman–Crippen MR) is 80.2 cm³/mol. The maximum atomic E-state index is 12.1. The van der Waals surface area contributed by atoms with Crippen LogP contribution in [0.2, 0.25) is 0 Å². The van der Waals surface area contributed by atoms with Gasteiger partial charge in [0, 0.05) is 13.1 Å². The maximum absolute atomic E-state index is 12.1. The molecule has 0 unspecified atom stereocenters. The van der Waals surface area contributed by atoms with Gasteiger partial charge in [-0.25, -0.2) is 4.79 Å². The third-order valence-electron chi connectivity index (χ3n) is 4.46. The number of hydrogen-bond acceptors (Lipinski definition) is 3. The van der Waals surface area contributed by atoms with E-state index >= 15 is 0 Å². The summed E-state index contributed by atoms with van der Waals surface area (Å²) in [5.41, 5.74) is 0. The van der Waals surface area contributed by atoms with E-state index in [2.05, 4.69) is 17.3 Å². The summed E-state index contributed by atoms with van der Waals surface area (Å²) >= 11 is 0. The maximum Gasteiger partial charge on any atom is 0.323 e. The fraction of sp³-hybridized carbons (Fsp3) is 0.867. The second kappa shape index (κ2) is 7.64. The van der Waals surface area contributed by atoms with Crippen LogP contribution in [-0.2, 0) is 4.79 Å². The van der Waals surface area contributed by atoms with Gasteiger partial charge in [0.1, 0.15) is 6.54 Å². The summed E-state index contributed by atoms with van der Waals surface area (Å²) in [7, 11) is 2.14. The van der Waals surface area contributed by atoms with E-state index in [1.54, 1.807) is 0 Å². The number of carboxylic acids is 1.